The summed E-state index contributed by atoms with van der Waals surface area (Å²) in [4.78, 5) is 22.5. The summed E-state index contributed by atoms with van der Waals surface area (Å²) in [5.74, 6) is -0.393. The molecule has 0 aliphatic rings. The van der Waals surface area contributed by atoms with Crippen LogP contribution in [0, 0.1) is 0 Å². The van der Waals surface area contributed by atoms with Gasteiger partial charge in [0.2, 0.25) is 0 Å². The van der Waals surface area contributed by atoms with E-state index in [-0.39, 0.29) is 11.8 Å². The van der Waals surface area contributed by atoms with Crippen molar-refractivity contribution in [3.8, 4) is 0 Å². The Bertz CT molecular complexity index is 219. The first-order valence-corrected chi connectivity index (χ1v) is 5.63. The van der Waals surface area contributed by atoms with Crippen LogP contribution in [0.15, 0.2) is 0 Å². The molecule has 0 rings (SSSR count). The molecule has 0 N–H and O–H groups in total. The molecule has 3 heteroatoms. The van der Waals surface area contributed by atoms with Crippen molar-refractivity contribution in [1.82, 2.24) is 0 Å². The zero-order valence-electron chi connectivity index (χ0n) is 10.3. The molecule has 15 heavy (non-hydrogen) atoms. The Hall–Kier alpha value is -0.860. The van der Waals surface area contributed by atoms with Crippen LogP contribution in [-0.2, 0) is 14.3 Å². The lowest BCUT2D eigenvalue weighted by molar-refractivity contribution is -0.163. The summed E-state index contributed by atoms with van der Waals surface area (Å²) < 4.78 is 5.09. The van der Waals surface area contributed by atoms with Crippen molar-refractivity contribution in [3.05, 3.63) is 0 Å². The number of unbranched alkanes of at least 4 members (excludes halogenated alkanes) is 3. The summed E-state index contributed by atoms with van der Waals surface area (Å²) in [6.07, 6.45) is 4.60. The molecule has 0 aliphatic heterocycles. The minimum absolute atomic E-state index is 0.121. The number of ether oxygens (including phenoxy) is 1. The molecule has 0 aromatic carbocycles. The van der Waals surface area contributed by atoms with Crippen molar-refractivity contribution < 1.29 is 14.3 Å². The van der Waals surface area contributed by atoms with Gasteiger partial charge < -0.3 is 4.74 Å². The van der Waals surface area contributed by atoms with E-state index in [1.807, 2.05) is 0 Å². The normalized spacial score (nSPS) is 11.2. The Labute approximate surface area is 92.2 Å². The number of hydrogen-bond donors (Lipinski definition) is 0. The van der Waals surface area contributed by atoms with Crippen LogP contribution in [0.5, 0.6) is 0 Å². The minimum atomic E-state index is -0.970. The SMILES string of the molecule is CCCCCCC(=O)OC(C)(C)C(C)=O. The quantitative estimate of drug-likeness (QED) is 0.483. The second kappa shape index (κ2) is 6.59. The van der Waals surface area contributed by atoms with Crippen molar-refractivity contribution in [2.24, 2.45) is 0 Å². The summed E-state index contributed by atoms with van der Waals surface area (Å²) in [7, 11) is 0. The summed E-state index contributed by atoms with van der Waals surface area (Å²) >= 11 is 0. The van der Waals surface area contributed by atoms with E-state index in [0.29, 0.717) is 6.42 Å². The highest BCUT2D eigenvalue weighted by Crippen LogP contribution is 2.13. The fraction of sp³-hybridized carbons (Fsp3) is 0.833. The smallest absolute Gasteiger partial charge is 0.306 e. The average molecular weight is 214 g/mol. The highest BCUT2D eigenvalue weighted by Gasteiger charge is 2.27. The van der Waals surface area contributed by atoms with Crippen LogP contribution < -0.4 is 0 Å². The number of ketones is 1. The Balaban J connectivity index is 3.79. The predicted molar refractivity (Wildman–Crippen MR) is 59.6 cm³/mol. The number of rotatable bonds is 7. The summed E-state index contributed by atoms with van der Waals surface area (Å²) in [5.41, 5.74) is -0.970. The van der Waals surface area contributed by atoms with Gasteiger partial charge in [-0.25, -0.2) is 0 Å². The maximum atomic E-state index is 11.4. The maximum absolute atomic E-state index is 11.4. The Morgan fingerprint density at radius 3 is 2.20 bits per heavy atom. The number of carbonyl (C=O) groups is 2. The molecule has 0 aromatic rings. The molecule has 0 radical (unpaired) electrons. The first-order valence-electron chi connectivity index (χ1n) is 5.63. The van der Waals surface area contributed by atoms with Crippen molar-refractivity contribution in [1.29, 1.82) is 0 Å². The molecule has 0 bridgehead atoms. The molecule has 0 unspecified atom stereocenters. The first kappa shape index (κ1) is 14.1. The van der Waals surface area contributed by atoms with Gasteiger partial charge in [-0.3, -0.25) is 9.59 Å². The van der Waals surface area contributed by atoms with Crippen LogP contribution in [0.3, 0.4) is 0 Å². The van der Waals surface area contributed by atoms with Crippen LogP contribution in [0.25, 0.3) is 0 Å². The lowest BCUT2D eigenvalue weighted by atomic mass is 10.1. The van der Waals surface area contributed by atoms with Gasteiger partial charge in [-0.1, -0.05) is 26.2 Å². The lowest BCUT2D eigenvalue weighted by Gasteiger charge is -2.21. The van der Waals surface area contributed by atoms with Crippen LogP contribution in [-0.4, -0.2) is 17.4 Å². The van der Waals surface area contributed by atoms with Gasteiger partial charge in [0.05, 0.1) is 0 Å². The third-order valence-electron chi connectivity index (χ3n) is 2.45. The number of carbonyl (C=O) groups excluding carboxylic acids is 2. The fourth-order valence-electron chi connectivity index (χ4n) is 1.10. The highest BCUT2D eigenvalue weighted by atomic mass is 16.6. The Morgan fingerprint density at radius 2 is 1.73 bits per heavy atom. The zero-order valence-corrected chi connectivity index (χ0v) is 10.3. The number of hydrogen-bond acceptors (Lipinski definition) is 3. The molecule has 0 heterocycles. The highest BCUT2D eigenvalue weighted by molar-refractivity contribution is 5.86. The second-order valence-electron chi connectivity index (χ2n) is 4.35. The molecule has 0 spiro atoms. The van der Waals surface area contributed by atoms with E-state index in [1.165, 1.54) is 6.92 Å². The molecular weight excluding hydrogens is 192 g/mol. The molecule has 0 amide bonds. The lowest BCUT2D eigenvalue weighted by Crippen LogP contribution is -2.35. The number of esters is 1. The molecule has 88 valence electrons. The zero-order chi connectivity index (χ0) is 11.9. The molecule has 0 saturated heterocycles. The molecular formula is C12H22O3. The standard InChI is InChI=1S/C12H22O3/c1-5-6-7-8-9-11(14)15-12(3,4)10(2)13/h5-9H2,1-4H3. The Kier molecular flexibility index (Phi) is 6.21. The van der Waals surface area contributed by atoms with Crippen LogP contribution >= 0.6 is 0 Å². The first-order chi connectivity index (χ1) is 6.90. The maximum Gasteiger partial charge on any atom is 0.306 e. The molecule has 3 nitrogen and oxygen atoms in total. The summed E-state index contributed by atoms with van der Waals surface area (Å²) in [5, 5.41) is 0. The van der Waals surface area contributed by atoms with E-state index >= 15 is 0 Å². The minimum Gasteiger partial charge on any atom is -0.452 e. The van der Waals surface area contributed by atoms with Gasteiger partial charge in [0, 0.05) is 6.42 Å². The van der Waals surface area contributed by atoms with Crippen molar-refractivity contribution in [2.75, 3.05) is 0 Å². The van der Waals surface area contributed by atoms with Crippen molar-refractivity contribution in [2.45, 2.75) is 65.4 Å². The predicted octanol–water partition coefficient (Wildman–Crippen LogP) is 2.87. The summed E-state index contributed by atoms with van der Waals surface area (Å²) in [6, 6.07) is 0. The van der Waals surface area contributed by atoms with E-state index in [1.54, 1.807) is 13.8 Å². The van der Waals surface area contributed by atoms with Crippen LogP contribution in [0.2, 0.25) is 0 Å². The topological polar surface area (TPSA) is 43.4 Å². The van der Waals surface area contributed by atoms with Gasteiger partial charge in [-0.2, -0.15) is 0 Å². The van der Waals surface area contributed by atoms with Crippen molar-refractivity contribution in [3.63, 3.8) is 0 Å². The van der Waals surface area contributed by atoms with Crippen LogP contribution in [0.4, 0.5) is 0 Å². The van der Waals surface area contributed by atoms with Gasteiger partial charge in [0.1, 0.15) is 0 Å². The molecule has 0 saturated carbocycles. The van der Waals surface area contributed by atoms with E-state index in [4.69, 9.17) is 4.74 Å². The van der Waals surface area contributed by atoms with E-state index in [0.717, 1.165) is 25.7 Å². The largest absolute Gasteiger partial charge is 0.452 e. The molecule has 0 aliphatic carbocycles. The summed E-state index contributed by atoms with van der Waals surface area (Å²) in [6.45, 7) is 6.81. The third-order valence-corrected chi connectivity index (χ3v) is 2.45. The van der Waals surface area contributed by atoms with Gasteiger partial charge in [-0.05, 0) is 27.2 Å². The molecule has 0 atom stereocenters. The van der Waals surface area contributed by atoms with E-state index in [9.17, 15) is 9.59 Å². The van der Waals surface area contributed by atoms with Gasteiger partial charge in [-0.15, -0.1) is 0 Å². The number of Topliss-reactive ketones (excluding diaryl/α,β-unsaturated/α-hetero) is 1. The van der Waals surface area contributed by atoms with Crippen LogP contribution in [0.1, 0.15) is 59.8 Å². The molecule has 0 fully saturated rings. The fourth-order valence-corrected chi connectivity index (χ4v) is 1.10. The Morgan fingerprint density at radius 1 is 1.13 bits per heavy atom. The van der Waals surface area contributed by atoms with Gasteiger partial charge >= 0.3 is 5.97 Å². The molecule has 0 aromatic heterocycles. The van der Waals surface area contributed by atoms with Crippen molar-refractivity contribution >= 4 is 11.8 Å². The third kappa shape index (κ3) is 6.26. The van der Waals surface area contributed by atoms with Gasteiger partial charge in [0.15, 0.2) is 11.4 Å². The van der Waals surface area contributed by atoms with E-state index in [2.05, 4.69) is 6.92 Å². The van der Waals surface area contributed by atoms with E-state index < -0.39 is 5.60 Å². The van der Waals surface area contributed by atoms with Gasteiger partial charge in [0.25, 0.3) is 0 Å². The monoisotopic (exact) mass is 214 g/mol. The second-order valence-corrected chi connectivity index (χ2v) is 4.35. The average Bonchev–Trinajstić information content (AvgIpc) is 2.11.